The third-order valence-corrected chi connectivity index (χ3v) is 4.09. The minimum atomic E-state index is -0.222. The molecule has 3 rings (SSSR count). The predicted octanol–water partition coefficient (Wildman–Crippen LogP) is 2.83. The molecule has 1 aliphatic rings. The van der Waals surface area contributed by atoms with Gasteiger partial charge >= 0.3 is 0 Å². The summed E-state index contributed by atoms with van der Waals surface area (Å²) in [6.45, 7) is 9.08. The molecule has 0 unspecified atom stereocenters. The molecule has 0 saturated carbocycles. The van der Waals surface area contributed by atoms with E-state index in [1.165, 1.54) is 12.1 Å². The van der Waals surface area contributed by atoms with Crippen molar-refractivity contribution in [3.63, 3.8) is 0 Å². The highest BCUT2D eigenvalue weighted by Gasteiger charge is 2.20. The molecule has 22 heavy (non-hydrogen) atoms. The lowest BCUT2D eigenvalue weighted by molar-refractivity contribution is 0.160. The smallest absolute Gasteiger partial charge is 0.125 e. The first kappa shape index (κ1) is 19.2. The van der Waals surface area contributed by atoms with Gasteiger partial charge in [0.25, 0.3) is 0 Å². The van der Waals surface area contributed by atoms with E-state index in [0.717, 1.165) is 49.6 Å². The lowest BCUT2D eigenvalue weighted by Crippen LogP contribution is -2.49. The first-order valence-electron chi connectivity index (χ1n) is 7.28. The molecular weight excluding hydrogens is 326 g/mol. The second kappa shape index (κ2) is 8.11. The highest BCUT2D eigenvalue weighted by atomic mass is 35.5. The van der Waals surface area contributed by atoms with Crippen LogP contribution in [0, 0.1) is 5.82 Å². The van der Waals surface area contributed by atoms with Gasteiger partial charge in [0, 0.05) is 38.3 Å². The van der Waals surface area contributed by atoms with Crippen LogP contribution in [-0.4, -0.2) is 40.1 Å². The Balaban J connectivity index is 0.00000121. The summed E-state index contributed by atoms with van der Waals surface area (Å²) in [4.78, 5) is 7.06. The molecule has 1 aromatic heterocycles. The number of halogens is 3. The number of hydrogen-bond donors (Lipinski definition) is 1. The fraction of sp³-hybridized carbons (Fsp3) is 0.533. The van der Waals surface area contributed by atoms with Crippen LogP contribution in [0.25, 0.3) is 11.0 Å². The summed E-state index contributed by atoms with van der Waals surface area (Å²) in [5.74, 6) is 0.808. The van der Waals surface area contributed by atoms with Crippen molar-refractivity contribution in [1.82, 2.24) is 19.8 Å². The van der Waals surface area contributed by atoms with Crippen LogP contribution in [0.4, 0.5) is 4.39 Å². The van der Waals surface area contributed by atoms with E-state index in [1.54, 1.807) is 0 Å². The zero-order valence-corrected chi connectivity index (χ0v) is 14.5. The second-order valence-electron chi connectivity index (χ2n) is 5.43. The number of aromatic nitrogens is 2. The average molecular weight is 349 g/mol. The van der Waals surface area contributed by atoms with Gasteiger partial charge in [0.15, 0.2) is 0 Å². The van der Waals surface area contributed by atoms with Gasteiger partial charge in [-0.2, -0.15) is 0 Å². The molecule has 1 aliphatic heterocycles. The maximum Gasteiger partial charge on any atom is 0.125 e. The molecule has 0 amide bonds. The molecule has 4 nitrogen and oxygen atoms in total. The number of aryl methyl sites for hydroxylation is 1. The Bertz CT molecular complexity index is 617. The zero-order valence-electron chi connectivity index (χ0n) is 12.9. The number of nitrogens with zero attached hydrogens (tertiary/aromatic N) is 3. The van der Waals surface area contributed by atoms with Crippen LogP contribution in [0.1, 0.15) is 19.7 Å². The van der Waals surface area contributed by atoms with Crippen LogP contribution >= 0.6 is 24.8 Å². The van der Waals surface area contributed by atoms with E-state index in [-0.39, 0.29) is 30.6 Å². The van der Waals surface area contributed by atoms with Crippen LogP contribution in [0.15, 0.2) is 18.2 Å². The first-order chi connectivity index (χ1) is 9.69. The Morgan fingerprint density at radius 1 is 1.36 bits per heavy atom. The van der Waals surface area contributed by atoms with Crippen molar-refractivity contribution >= 4 is 35.8 Å². The van der Waals surface area contributed by atoms with Crippen molar-refractivity contribution in [1.29, 1.82) is 0 Å². The lowest BCUT2D eigenvalue weighted by atomic mass is 10.2. The zero-order chi connectivity index (χ0) is 14.1. The normalized spacial score (nSPS) is 18.8. The van der Waals surface area contributed by atoms with Gasteiger partial charge in [0.1, 0.15) is 11.6 Å². The second-order valence-corrected chi connectivity index (χ2v) is 5.43. The Morgan fingerprint density at radius 3 is 2.82 bits per heavy atom. The van der Waals surface area contributed by atoms with Crippen molar-refractivity contribution in [3.05, 3.63) is 29.8 Å². The monoisotopic (exact) mass is 348 g/mol. The molecule has 0 radical (unpaired) electrons. The summed E-state index contributed by atoms with van der Waals surface area (Å²) in [6.07, 6.45) is 0. The molecule has 7 heteroatoms. The highest BCUT2D eigenvalue weighted by molar-refractivity contribution is 5.85. The number of hydrogen-bond acceptors (Lipinski definition) is 3. The van der Waals surface area contributed by atoms with Crippen LogP contribution in [0.2, 0.25) is 0 Å². The van der Waals surface area contributed by atoms with Crippen molar-refractivity contribution in [2.24, 2.45) is 0 Å². The van der Waals surface area contributed by atoms with Gasteiger partial charge in [0.05, 0.1) is 17.6 Å². The summed E-state index contributed by atoms with van der Waals surface area (Å²) < 4.78 is 15.5. The van der Waals surface area contributed by atoms with Gasteiger partial charge in [-0.05, 0) is 26.0 Å². The molecule has 1 aromatic carbocycles. The topological polar surface area (TPSA) is 33.1 Å². The van der Waals surface area contributed by atoms with Crippen LogP contribution in [-0.2, 0) is 13.1 Å². The molecule has 1 atom stereocenters. The summed E-state index contributed by atoms with van der Waals surface area (Å²) in [7, 11) is 0. The van der Waals surface area contributed by atoms with E-state index in [4.69, 9.17) is 0 Å². The molecule has 2 heterocycles. The SMILES string of the molecule is CCn1c(CN2CCNC[C@H]2C)nc2cc(F)ccc21.Cl.Cl. The molecule has 0 aliphatic carbocycles. The molecular formula is C15H23Cl2FN4. The molecule has 2 aromatic rings. The Kier molecular flexibility index (Phi) is 7.06. The number of rotatable bonds is 3. The van der Waals surface area contributed by atoms with E-state index < -0.39 is 0 Å². The maximum atomic E-state index is 13.3. The Morgan fingerprint density at radius 2 is 2.14 bits per heavy atom. The summed E-state index contributed by atoms with van der Waals surface area (Å²) in [5, 5.41) is 3.39. The number of piperazine rings is 1. The van der Waals surface area contributed by atoms with Gasteiger partial charge in [-0.3, -0.25) is 4.90 Å². The van der Waals surface area contributed by atoms with Gasteiger partial charge in [-0.1, -0.05) is 0 Å². The van der Waals surface area contributed by atoms with E-state index >= 15 is 0 Å². The quantitative estimate of drug-likeness (QED) is 0.925. The average Bonchev–Trinajstić information content (AvgIpc) is 2.77. The number of imidazole rings is 1. The van der Waals surface area contributed by atoms with Crippen molar-refractivity contribution in [3.8, 4) is 0 Å². The molecule has 124 valence electrons. The van der Waals surface area contributed by atoms with Crippen molar-refractivity contribution in [2.75, 3.05) is 19.6 Å². The molecule has 0 bridgehead atoms. The Labute approximate surface area is 142 Å². The summed E-state index contributed by atoms with van der Waals surface area (Å²) in [5.41, 5.74) is 1.77. The third kappa shape index (κ3) is 3.71. The number of nitrogens with one attached hydrogen (secondary N) is 1. The van der Waals surface area contributed by atoms with Crippen LogP contribution in [0.5, 0.6) is 0 Å². The van der Waals surface area contributed by atoms with Gasteiger partial charge in [0.2, 0.25) is 0 Å². The minimum absolute atomic E-state index is 0. The van der Waals surface area contributed by atoms with Crippen LogP contribution in [0.3, 0.4) is 0 Å². The van der Waals surface area contributed by atoms with Gasteiger partial charge in [-0.15, -0.1) is 24.8 Å². The highest BCUT2D eigenvalue weighted by Crippen LogP contribution is 2.19. The fourth-order valence-corrected chi connectivity index (χ4v) is 2.93. The van der Waals surface area contributed by atoms with Crippen LogP contribution < -0.4 is 5.32 Å². The van der Waals surface area contributed by atoms with E-state index in [1.807, 2.05) is 6.07 Å². The summed E-state index contributed by atoms with van der Waals surface area (Å²) in [6, 6.07) is 5.36. The lowest BCUT2D eigenvalue weighted by Gasteiger charge is -2.33. The molecule has 1 saturated heterocycles. The number of benzene rings is 1. The van der Waals surface area contributed by atoms with Gasteiger partial charge in [-0.25, -0.2) is 9.37 Å². The summed E-state index contributed by atoms with van der Waals surface area (Å²) >= 11 is 0. The van der Waals surface area contributed by atoms with E-state index in [0.29, 0.717) is 6.04 Å². The van der Waals surface area contributed by atoms with Crippen molar-refractivity contribution < 1.29 is 4.39 Å². The molecule has 1 N–H and O–H groups in total. The first-order valence-corrected chi connectivity index (χ1v) is 7.28. The molecule has 1 fully saturated rings. The third-order valence-electron chi connectivity index (χ3n) is 4.09. The predicted molar refractivity (Wildman–Crippen MR) is 92.6 cm³/mol. The fourth-order valence-electron chi connectivity index (χ4n) is 2.93. The van der Waals surface area contributed by atoms with Crippen molar-refractivity contribution in [2.45, 2.75) is 33.0 Å². The maximum absolute atomic E-state index is 13.3. The van der Waals surface area contributed by atoms with E-state index in [2.05, 4.69) is 33.6 Å². The standard InChI is InChI=1S/C15H21FN4.2ClH/c1-3-20-14-5-4-12(16)8-13(14)18-15(20)10-19-7-6-17-9-11(19)2;;/h4-5,8,11,17H,3,6-7,9-10H2,1-2H3;2*1H/t11-;;/m1../s1. The minimum Gasteiger partial charge on any atom is -0.327 e. The molecule has 0 spiro atoms. The largest absolute Gasteiger partial charge is 0.327 e. The number of fused-ring (bicyclic) bond motifs is 1. The Hall–Kier alpha value is -0.880. The van der Waals surface area contributed by atoms with Gasteiger partial charge < -0.3 is 9.88 Å². The van der Waals surface area contributed by atoms with E-state index in [9.17, 15) is 4.39 Å².